The minimum Gasteiger partial charge on any atom is -0.487 e. The van der Waals surface area contributed by atoms with E-state index in [2.05, 4.69) is 11.1 Å². The number of aromatic nitrogens is 1. The fraction of sp³-hybridized carbons (Fsp3) is 0.400. The van der Waals surface area contributed by atoms with Crippen LogP contribution in [0.4, 0.5) is 0 Å². The average Bonchev–Trinajstić information content (AvgIpc) is 3.02. The first-order valence-corrected chi connectivity index (χ1v) is 4.44. The number of hydrogen-bond donors (Lipinski definition) is 0. The number of ether oxygens (including phenoxy) is 2. The summed E-state index contributed by atoms with van der Waals surface area (Å²) in [6.07, 6.45) is 3.95. The molecule has 0 aliphatic heterocycles. The summed E-state index contributed by atoms with van der Waals surface area (Å²) < 4.78 is 10.4. The molecule has 2 rings (SSSR count). The molecule has 0 N–H and O–H groups in total. The molecule has 0 amide bonds. The van der Waals surface area contributed by atoms with Crippen LogP contribution in [0.25, 0.3) is 0 Å². The van der Waals surface area contributed by atoms with E-state index >= 15 is 0 Å². The summed E-state index contributed by atoms with van der Waals surface area (Å²) in [4.78, 5) is 3.99. The highest BCUT2D eigenvalue weighted by Gasteiger charge is 2.24. The molecule has 0 unspecified atom stereocenters. The second-order valence-corrected chi connectivity index (χ2v) is 3.15. The molecule has 1 aliphatic carbocycles. The Kier molecular flexibility index (Phi) is 2.23. The Hall–Kier alpha value is -1.76. The smallest absolute Gasteiger partial charge is 0.214 e. The van der Waals surface area contributed by atoms with Gasteiger partial charge in [-0.15, -0.1) is 0 Å². The van der Waals surface area contributed by atoms with Gasteiger partial charge in [-0.05, 0) is 12.8 Å². The number of nitrogens with zero attached hydrogens (tertiary/aromatic N) is 2. The molecule has 0 aromatic carbocycles. The molecule has 0 spiro atoms. The Morgan fingerprint density at radius 3 is 2.93 bits per heavy atom. The summed E-state index contributed by atoms with van der Waals surface area (Å²) in [7, 11) is 1.52. The van der Waals surface area contributed by atoms with Gasteiger partial charge in [-0.2, -0.15) is 5.26 Å². The normalized spacial score (nSPS) is 14.6. The maximum Gasteiger partial charge on any atom is 0.214 e. The summed E-state index contributed by atoms with van der Waals surface area (Å²) in [5.74, 6) is 0.987. The predicted octanol–water partition coefficient (Wildman–Crippen LogP) is 1.50. The van der Waals surface area contributed by atoms with Crippen molar-refractivity contribution in [1.29, 1.82) is 5.26 Å². The summed E-state index contributed by atoms with van der Waals surface area (Å²) in [5.41, 5.74) is 0.476. The predicted molar refractivity (Wildman–Crippen MR) is 49.2 cm³/mol. The zero-order chi connectivity index (χ0) is 9.97. The van der Waals surface area contributed by atoms with Crippen LogP contribution in [0.3, 0.4) is 0 Å². The van der Waals surface area contributed by atoms with E-state index in [1.807, 2.05) is 0 Å². The van der Waals surface area contributed by atoms with Crippen molar-refractivity contribution in [3.8, 4) is 17.7 Å². The first-order chi connectivity index (χ1) is 6.83. The van der Waals surface area contributed by atoms with Crippen molar-refractivity contribution in [1.82, 2.24) is 4.98 Å². The Labute approximate surface area is 82.1 Å². The van der Waals surface area contributed by atoms with E-state index in [1.54, 1.807) is 6.07 Å². The van der Waals surface area contributed by atoms with Gasteiger partial charge in [0, 0.05) is 6.07 Å². The largest absolute Gasteiger partial charge is 0.487 e. The lowest BCUT2D eigenvalue weighted by atomic mass is 10.2. The monoisotopic (exact) mass is 190 g/mol. The van der Waals surface area contributed by atoms with E-state index in [9.17, 15) is 0 Å². The van der Waals surface area contributed by atoms with Gasteiger partial charge in [0.25, 0.3) is 0 Å². The molecular formula is C10H10N2O2. The summed E-state index contributed by atoms with van der Waals surface area (Å²) in [5, 5.41) is 8.86. The fourth-order valence-corrected chi connectivity index (χ4v) is 1.08. The van der Waals surface area contributed by atoms with Crippen molar-refractivity contribution in [3.63, 3.8) is 0 Å². The zero-order valence-corrected chi connectivity index (χ0v) is 7.86. The zero-order valence-electron chi connectivity index (χ0n) is 7.86. The Morgan fingerprint density at radius 2 is 2.36 bits per heavy atom. The van der Waals surface area contributed by atoms with Crippen LogP contribution in [0.1, 0.15) is 18.4 Å². The van der Waals surface area contributed by atoms with Gasteiger partial charge in [-0.1, -0.05) is 0 Å². The lowest BCUT2D eigenvalue weighted by Gasteiger charge is -2.06. The SMILES string of the molecule is COc1cc(C#N)c(OC2CC2)cn1. The first kappa shape index (κ1) is 8.82. The maximum atomic E-state index is 8.86. The maximum absolute atomic E-state index is 8.86. The van der Waals surface area contributed by atoms with Crippen LogP contribution in [0.2, 0.25) is 0 Å². The summed E-state index contributed by atoms with van der Waals surface area (Å²) >= 11 is 0. The van der Waals surface area contributed by atoms with Crippen LogP contribution in [0, 0.1) is 11.3 Å². The number of hydrogen-bond acceptors (Lipinski definition) is 4. The third-order valence-electron chi connectivity index (χ3n) is 1.99. The van der Waals surface area contributed by atoms with Crippen molar-refractivity contribution >= 4 is 0 Å². The number of methoxy groups -OCH3 is 1. The topological polar surface area (TPSA) is 55.1 Å². The molecule has 72 valence electrons. The highest BCUT2D eigenvalue weighted by atomic mass is 16.5. The summed E-state index contributed by atoms with van der Waals surface area (Å²) in [6.45, 7) is 0. The Bertz CT molecular complexity index is 380. The Morgan fingerprint density at radius 1 is 1.57 bits per heavy atom. The van der Waals surface area contributed by atoms with Crippen molar-refractivity contribution in [2.45, 2.75) is 18.9 Å². The standard InChI is InChI=1S/C10H10N2O2/c1-13-10-4-7(5-11)9(6-12-10)14-8-2-3-8/h4,6,8H,2-3H2,1H3. The number of nitriles is 1. The molecule has 4 nitrogen and oxygen atoms in total. The molecular weight excluding hydrogens is 180 g/mol. The molecule has 1 aromatic heterocycles. The first-order valence-electron chi connectivity index (χ1n) is 4.44. The molecule has 4 heteroatoms. The average molecular weight is 190 g/mol. The van der Waals surface area contributed by atoms with Gasteiger partial charge < -0.3 is 9.47 Å². The second kappa shape index (κ2) is 3.54. The minimum atomic E-state index is 0.275. The molecule has 1 aromatic rings. The van der Waals surface area contributed by atoms with Gasteiger partial charge in [0.05, 0.1) is 19.4 Å². The van der Waals surface area contributed by atoms with E-state index < -0.39 is 0 Å². The van der Waals surface area contributed by atoms with Crippen LogP contribution in [0.15, 0.2) is 12.3 Å². The quantitative estimate of drug-likeness (QED) is 0.724. The number of pyridine rings is 1. The molecule has 0 bridgehead atoms. The van der Waals surface area contributed by atoms with E-state index in [0.29, 0.717) is 17.2 Å². The third kappa shape index (κ3) is 1.77. The fourth-order valence-electron chi connectivity index (χ4n) is 1.08. The molecule has 1 heterocycles. The second-order valence-electron chi connectivity index (χ2n) is 3.15. The van der Waals surface area contributed by atoms with Gasteiger partial charge in [-0.25, -0.2) is 4.98 Å². The van der Waals surface area contributed by atoms with Gasteiger partial charge in [0.2, 0.25) is 5.88 Å². The van der Waals surface area contributed by atoms with Crippen LogP contribution >= 0.6 is 0 Å². The molecule has 0 atom stereocenters. The van der Waals surface area contributed by atoms with Gasteiger partial charge in [0.15, 0.2) is 5.75 Å². The van der Waals surface area contributed by atoms with Crippen molar-refractivity contribution in [2.75, 3.05) is 7.11 Å². The van der Waals surface area contributed by atoms with E-state index in [0.717, 1.165) is 12.8 Å². The molecule has 14 heavy (non-hydrogen) atoms. The van der Waals surface area contributed by atoms with Crippen LogP contribution in [-0.4, -0.2) is 18.2 Å². The summed E-state index contributed by atoms with van der Waals surface area (Å²) in [6, 6.07) is 3.64. The highest BCUT2D eigenvalue weighted by molar-refractivity contribution is 5.44. The van der Waals surface area contributed by atoms with Crippen molar-refractivity contribution in [2.24, 2.45) is 0 Å². The van der Waals surface area contributed by atoms with Crippen LogP contribution < -0.4 is 9.47 Å². The Balaban J connectivity index is 2.25. The van der Waals surface area contributed by atoms with Crippen molar-refractivity contribution in [3.05, 3.63) is 17.8 Å². The van der Waals surface area contributed by atoms with E-state index in [1.165, 1.54) is 13.3 Å². The third-order valence-corrected chi connectivity index (χ3v) is 1.99. The van der Waals surface area contributed by atoms with Gasteiger partial charge in [-0.3, -0.25) is 0 Å². The molecule has 1 aliphatic rings. The minimum absolute atomic E-state index is 0.275. The van der Waals surface area contributed by atoms with E-state index in [4.69, 9.17) is 14.7 Å². The van der Waals surface area contributed by atoms with Gasteiger partial charge in [0.1, 0.15) is 11.6 Å². The molecule has 0 saturated heterocycles. The van der Waals surface area contributed by atoms with Crippen LogP contribution in [0.5, 0.6) is 11.6 Å². The number of rotatable bonds is 3. The van der Waals surface area contributed by atoms with E-state index in [-0.39, 0.29) is 6.10 Å². The highest BCUT2D eigenvalue weighted by Crippen LogP contribution is 2.29. The lowest BCUT2D eigenvalue weighted by molar-refractivity contribution is 0.299. The van der Waals surface area contributed by atoms with Crippen molar-refractivity contribution < 1.29 is 9.47 Å². The molecule has 1 saturated carbocycles. The molecule has 0 radical (unpaired) electrons. The van der Waals surface area contributed by atoms with Crippen LogP contribution in [-0.2, 0) is 0 Å². The molecule has 1 fully saturated rings. The van der Waals surface area contributed by atoms with Gasteiger partial charge >= 0.3 is 0 Å². The lowest BCUT2D eigenvalue weighted by Crippen LogP contribution is -1.99.